The van der Waals surface area contributed by atoms with Crippen LogP contribution in [0.2, 0.25) is 0 Å². The van der Waals surface area contributed by atoms with Crippen molar-refractivity contribution in [1.29, 1.82) is 0 Å². The van der Waals surface area contributed by atoms with Crippen LogP contribution in [-0.4, -0.2) is 5.48 Å². The van der Waals surface area contributed by atoms with Crippen molar-refractivity contribution in [3.63, 3.8) is 0 Å². The molecule has 0 aromatic heterocycles. The molecule has 0 saturated carbocycles. The monoisotopic (exact) mass is 199 g/mol. The zero-order chi connectivity index (χ0) is 5.41. The Labute approximate surface area is 59.5 Å². The molecule has 0 unspecified atom stereocenters. The van der Waals surface area contributed by atoms with Crippen molar-refractivity contribution in [2.24, 2.45) is 0 Å². The topological polar surface area (TPSA) is 112 Å². The van der Waals surface area contributed by atoms with E-state index in [-0.39, 0.29) is 22.5 Å². The standard InChI is InChI=1S/Mn.2HO2P.H2O/c;2*1-3-2;/h;2*(H,1,2);1H2/q+2;;;/p-2. The molecule has 0 aliphatic rings. The van der Waals surface area contributed by atoms with Crippen molar-refractivity contribution < 1.29 is 41.5 Å². The first-order valence-electron chi connectivity index (χ1n) is 0.730. The van der Waals surface area contributed by atoms with Crippen molar-refractivity contribution in [3.8, 4) is 0 Å². The van der Waals surface area contributed by atoms with Crippen molar-refractivity contribution >= 4 is 17.4 Å². The second kappa shape index (κ2) is 49.0. The molecule has 0 atom stereocenters. The van der Waals surface area contributed by atoms with Gasteiger partial charge in [0.25, 0.3) is 0 Å². The predicted octanol–water partition coefficient (Wildman–Crippen LogP) is -1.72. The van der Waals surface area contributed by atoms with Gasteiger partial charge in [-0.3, -0.25) is 9.13 Å². The molecular formula is H2MnO5P2. The van der Waals surface area contributed by atoms with E-state index in [0.29, 0.717) is 0 Å². The molecule has 0 aliphatic carbocycles. The second-order valence-corrected chi connectivity index (χ2v) is 0.447. The van der Waals surface area contributed by atoms with E-state index in [9.17, 15) is 0 Å². The molecule has 49 valence electrons. The van der Waals surface area contributed by atoms with Gasteiger partial charge in [-0.2, -0.15) is 0 Å². The minimum absolute atomic E-state index is 0. The summed E-state index contributed by atoms with van der Waals surface area (Å²) in [5, 5.41) is 0. The summed E-state index contributed by atoms with van der Waals surface area (Å²) in [6.07, 6.45) is 0. The average Bonchev–Trinajstić information content (AvgIpc) is 1.39. The molecule has 0 rings (SSSR count). The van der Waals surface area contributed by atoms with E-state index in [1.54, 1.807) is 0 Å². The SMILES string of the molecule is O.O=P[O-].O=P[O-].[Mn+2]. The van der Waals surface area contributed by atoms with Crippen LogP contribution in [0.3, 0.4) is 0 Å². The largest absolute Gasteiger partial charge is 2.00 e. The van der Waals surface area contributed by atoms with Gasteiger partial charge in [0.15, 0.2) is 0 Å². The van der Waals surface area contributed by atoms with Gasteiger partial charge in [0.05, 0.1) is 17.4 Å². The first kappa shape index (κ1) is 23.5. The summed E-state index contributed by atoms with van der Waals surface area (Å²) in [5.74, 6) is 0. The first-order valence-corrected chi connectivity index (χ1v) is 2.19. The van der Waals surface area contributed by atoms with Gasteiger partial charge in [-0.05, 0) is 0 Å². The molecule has 0 aromatic carbocycles. The summed E-state index contributed by atoms with van der Waals surface area (Å²) in [6.45, 7) is 0. The first-order chi connectivity index (χ1) is 2.83. The summed E-state index contributed by atoms with van der Waals surface area (Å²) < 4.78 is 16.7. The number of hydrogen-bond acceptors (Lipinski definition) is 4. The Hall–Kier alpha value is 0.599. The Balaban J connectivity index is -0.0000000160. The van der Waals surface area contributed by atoms with Gasteiger partial charge in [0.1, 0.15) is 0 Å². The number of hydrogen-bond donors (Lipinski definition) is 0. The van der Waals surface area contributed by atoms with E-state index in [1.165, 1.54) is 0 Å². The Morgan fingerprint density at radius 3 is 1.00 bits per heavy atom. The molecule has 0 heterocycles. The third-order valence-electron chi connectivity index (χ3n) is 0. The maximum atomic E-state index is 8.35. The van der Waals surface area contributed by atoms with Crippen molar-refractivity contribution in [3.05, 3.63) is 0 Å². The fourth-order valence-electron chi connectivity index (χ4n) is 0. The molecule has 0 saturated heterocycles. The van der Waals surface area contributed by atoms with E-state index in [1.807, 2.05) is 0 Å². The van der Waals surface area contributed by atoms with E-state index in [2.05, 4.69) is 0 Å². The molecule has 0 aromatic rings. The molecule has 0 fully saturated rings. The van der Waals surface area contributed by atoms with Gasteiger partial charge in [-0.1, -0.05) is 0 Å². The van der Waals surface area contributed by atoms with Crippen molar-refractivity contribution in [1.82, 2.24) is 0 Å². The summed E-state index contributed by atoms with van der Waals surface area (Å²) >= 11 is 0. The predicted molar refractivity (Wildman–Crippen MR) is 18.8 cm³/mol. The summed E-state index contributed by atoms with van der Waals surface area (Å²) in [4.78, 5) is 16.7. The summed E-state index contributed by atoms with van der Waals surface area (Å²) in [5.41, 5.74) is 0. The second-order valence-electron chi connectivity index (χ2n) is 0.149. The molecule has 1 radical (unpaired) electrons. The fourth-order valence-corrected chi connectivity index (χ4v) is 0. The molecule has 2 N–H and O–H groups in total. The van der Waals surface area contributed by atoms with Gasteiger partial charge in [-0.25, -0.2) is 0 Å². The van der Waals surface area contributed by atoms with Crippen LogP contribution >= 0.6 is 17.4 Å². The smallest absolute Gasteiger partial charge is 0.772 e. The molecule has 0 amide bonds. The normalized spacial score (nSPS) is 5.25. The maximum absolute atomic E-state index is 8.35. The molecular weight excluding hydrogens is 197 g/mol. The van der Waals surface area contributed by atoms with Crippen LogP contribution in [0.5, 0.6) is 0 Å². The van der Waals surface area contributed by atoms with Crippen LogP contribution in [0.1, 0.15) is 0 Å². The van der Waals surface area contributed by atoms with Crippen molar-refractivity contribution in [2.75, 3.05) is 0 Å². The van der Waals surface area contributed by atoms with Gasteiger partial charge in [0, 0.05) is 0 Å². The molecule has 0 spiro atoms. The van der Waals surface area contributed by atoms with Crippen LogP contribution in [0.4, 0.5) is 0 Å². The van der Waals surface area contributed by atoms with Crippen LogP contribution in [0.15, 0.2) is 0 Å². The molecule has 8 heavy (non-hydrogen) atoms. The van der Waals surface area contributed by atoms with E-state index < -0.39 is 17.4 Å². The van der Waals surface area contributed by atoms with Gasteiger partial charge >= 0.3 is 17.1 Å². The zero-order valence-electron chi connectivity index (χ0n) is 3.41. The summed E-state index contributed by atoms with van der Waals surface area (Å²) in [6, 6.07) is 0. The minimum atomic E-state index is -1.08. The Morgan fingerprint density at radius 2 is 1.00 bits per heavy atom. The third-order valence-corrected chi connectivity index (χ3v) is 0. The van der Waals surface area contributed by atoms with Crippen LogP contribution in [-0.2, 0) is 26.2 Å². The quantitative estimate of drug-likeness (QED) is 0.341. The van der Waals surface area contributed by atoms with Crippen LogP contribution in [0.25, 0.3) is 0 Å². The van der Waals surface area contributed by atoms with E-state index >= 15 is 0 Å². The Bertz CT molecular complexity index is 31.4. The molecule has 0 bridgehead atoms. The van der Waals surface area contributed by atoms with E-state index in [4.69, 9.17) is 18.9 Å². The zero-order valence-corrected chi connectivity index (χ0v) is 6.37. The van der Waals surface area contributed by atoms with Crippen LogP contribution < -0.4 is 9.79 Å². The van der Waals surface area contributed by atoms with E-state index in [0.717, 1.165) is 0 Å². The van der Waals surface area contributed by atoms with Gasteiger partial charge < -0.3 is 15.3 Å². The fraction of sp³-hybridized carbons (Fsp3) is 0. The average molecular weight is 199 g/mol. The summed E-state index contributed by atoms with van der Waals surface area (Å²) in [7, 11) is -2.17. The number of rotatable bonds is 0. The van der Waals surface area contributed by atoms with Gasteiger partial charge in [-0.15, -0.1) is 0 Å². The molecule has 8 heteroatoms. The molecule has 5 nitrogen and oxygen atoms in total. The maximum Gasteiger partial charge on any atom is 2.00 e. The van der Waals surface area contributed by atoms with Gasteiger partial charge in [0.2, 0.25) is 0 Å². The van der Waals surface area contributed by atoms with Crippen LogP contribution in [0, 0.1) is 0 Å². The minimum Gasteiger partial charge on any atom is -0.772 e. The third kappa shape index (κ3) is 576. The Kier molecular flexibility index (Phi) is 144. The van der Waals surface area contributed by atoms with Crippen molar-refractivity contribution in [2.45, 2.75) is 0 Å². The Morgan fingerprint density at radius 1 is 1.00 bits per heavy atom. The molecule has 0 aliphatic heterocycles.